The van der Waals surface area contributed by atoms with Crippen LogP contribution in [0.25, 0.3) is 10.9 Å². The summed E-state index contributed by atoms with van der Waals surface area (Å²) in [5, 5.41) is 1.20. The first-order chi connectivity index (χ1) is 8.72. The summed E-state index contributed by atoms with van der Waals surface area (Å²) < 4.78 is 1.03. The average molecular weight is 306 g/mol. The van der Waals surface area contributed by atoms with Crippen molar-refractivity contribution in [2.24, 2.45) is 0 Å². The van der Waals surface area contributed by atoms with Crippen LogP contribution in [-0.2, 0) is 0 Å². The van der Waals surface area contributed by atoms with Gasteiger partial charge in [-0.05, 0) is 47.2 Å². The lowest BCUT2D eigenvalue weighted by atomic mass is 10.1. The van der Waals surface area contributed by atoms with Gasteiger partial charge in [0.15, 0.2) is 0 Å². The molecule has 0 atom stereocenters. The maximum atomic E-state index is 4.41. The topological polar surface area (TPSA) is 19.4 Å². The second kappa shape index (κ2) is 4.86. The number of halogens is 1. The van der Waals surface area contributed by atoms with Crippen molar-refractivity contribution < 1.29 is 0 Å². The van der Waals surface area contributed by atoms with Gasteiger partial charge >= 0.3 is 0 Å². The quantitative estimate of drug-likeness (QED) is 0.807. The molecule has 1 aliphatic heterocycles. The van der Waals surface area contributed by atoms with Crippen molar-refractivity contribution in [3.8, 4) is 0 Å². The van der Waals surface area contributed by atoms with Gasteiger partial charge in [0.05, 0.1) is 5.52 Å². The number of fused-ring (bicyclic) bond motifs is 1. The zero-order valence-electron chi connectivity index (χ0n) is 10.4. The van der Waals surface area contributed by atoms with Crippen LogP contribution in [0.3, 0.4) is 0 Å². The van der Waals surface area contributed by atoms with Gasteiger partial charge in [0.1, 0.15) is 0 Å². The summed E-state index contributed by atoms with van der Waals surface area (Å²) in [5.74, 6) is 0. The fourth-order valence-corrected chi connectivity index (χ4v) is 2.70. The number of aromatic nitrogens is 1. The summed E-state index contributed by atoms with van der Waals surface area (Å²) >= 11 is 3.48. The minimum Gasteiger partial charge on any atom is -0.369 e. The van der Waals surface area contributed by atoms with Gasteiger partial charge in [-0.15, -0.1) is 0 Å². The Labute approximate surface area is 116 Å². The Kier molecular flexibility index (Phi) is 3.22. The van der Waals surface area contributed by atoms with E-state index in [0.717, 1.165) is 36.2 Å². The standard InChI is InChI=1S/C14H16BrN3/c1-17-4-6-18(7-5-17)13-2-3-14-11(9-13)8-12(15)10-16-14/h2-3,8-10H,4-7H2,1H3. The number of hydrogen-bond donors (Lipinski definition) is 0. The van der Waals surface area contributed by atoms with E-state index in [4.69, 9.17) is 0 Å². The molecule has 18 heavy (non-hydrogen) atoms. The molecule has 2 heterocycles. The molecule has 0 radical (unpaired) electrons. The summed E-state index contributed by atoms with van der Waals surface area (Å²) in [4.78, 5) is 9.22. The second-order valence-corrected chi connectivity index (χ2v) is 5.74. The van der Waals surface area contributed by atoms with Crippen LogP contribution in [0.5, 0.6) is 0 Å². The molecule has 3 nitrogen and oxygen atoms in total. The van der Waals surface area contributed by atoms with E-state index in [1.807, 2.05) is 6.20 Å². The van der Waals surface area contributed by atoms with E-state index in [1.54, 1.807) is 0 Å². The highest BCUT2D eigenvalue weighted by molar-refractivity contribution is 9.10. The molecule has 0 aliphatic carbocycles. The van der Waals surface area contributed by atoms with Gasteiger partial charge in [-0.25, -0.2) is 0 Å². The van der Waals surface area contributed by atoms with Crippen LogP contribution >= 0.6 is 15.9 Å². The first-order valence-corrected chi connectivity index (χ1v) is 7.00. The Morgan fingerprint density at radius 1 is 1.11 bits per heavy atom. The molecule has 1 aromatic heterocycles. The van der Waals surface area contributed by atoms with Crippen LogP contribution in [0.2, 0.25) is 0 Å². The van der Waals surface area contributed by atoms with E-state index in [-0.39, 0.29) is 0 Å². The Bertz CT molecular complexity index is 562. The number of pyridine rings is 1. The van der Waals surface area contributed by atoms with Crippen molar-refractivity contribution in [2.75, 3.05) is 38.1 Å². The molecule has 0 N–H and O–H groups in total. The van der Waals surface area contributed by atoms with Gasteiger partial charge < -0.3 is 9.80 Å². The highest BCUT2D eigenvalue weighted by atomic mass is 79.9. The zero-order chi connectivity index (χ0) is 12.5. The van der Waals surface area contributed by atoms with Crippen LogP contribution in [0, 0.1) is 0 Å². The Morgan fingerprint density at radius 2 is 1.89 bits per heavy atom. The summed E-state index contributed by atoms with van der Waals surface area (Å²) in [5.41, 5.74) is 2.35. The number of piperazine rings is 1. The van der Waals surface area contributed by atoms with E-state index in [0.29, 0.717) is 0 Å². The van der Waals surface area contributed by atoms with Crippen LogP contribution in [-0.4, -0.2) is 43.1 Å². The second-order valence-electron chi connectivity index (χ2n) is 4.82. The fourth-order valence-electron chi connectivity index (χ4n) is 2.35. The molecule has 0 amide bonds. The molecule has 0 saturated carbocycles. The van der Waals surface area contributed by atoms with E-state index in [1.165, 1.54) is 11.1 Å². The molecule has 94 valence electrons. The monoisotopic (exact) mass is 305 g/mol. The summed E-state index contributed by atoms with van der Waals surface area (Å²) in [6, 6.07) is 8.64. The van der Waals surface area contributed by atoms with Crippen molar-refractivity contribution in [2.45, 2.75) is 0 Å². The average Bonchev–Trinajstić information content (AvgIpc) is 2.38. The predicted octanol–water partition coefficient (Wildman–Crippen LogP) is 2.75. The van der Waals surface area contributed by atoms with Gasteiger partial charge in [0.25, 0.3) is 0 Å². The molecule has 4 heteroatoms. The molecule has 0 bridgehead atoms. The number of hydrogen-bond acceptors (Lipinski definition) is 3. The van der Waals surface area contributed by atoms with Crippen molar-refractivity contribution in [1.82, 2.24) is 9.88 Å². The van der Waals surface area contributed by atoms with Crippen LogP contribution < -0.4 is 4.90 Å². The molecule has 3 rings (SSSR count). The van der Waals surface area contributed by atoms with E-state index < -0.39 is 0 Å². The third kappa shape index (κ3) is 2.35. The number of nitrogens with zero attached hydrogens (tertiary/aromatic N) is 3. The molecule has 2 aromatic rings. The molecular weight excluding hydrogens is 290 g/mol. The number of rotatable bonds is 1. The maximum absolute atomic E-state index is 4.41. The fraction of sp³-hybridized carbons (Fsp3) is 0.357. The van der Waals surface area contributed by atoms with Gasteiger partial charge in [0, 0.05) is 47.9 Å². The molecular formula is C14H16BrN3. The molecule has 1 aliphatic rings. The molecule has 1 saturated heterocycles. The smallest absolute Gasteiger partial charge is 0.0704 e. The Hall–Kier alpha value is -1.13. The Morgan fingerprint density at radius 3 is 2.67 bits per heavy atom. The minimum atomic E-state index is 1.03. The van der Waals surface area contributed by atoms with Crippen LogP contribution in [0.15, 0.2) is 34.9 Å². The first kappa shape index (κ1) is 11.9. The van der Waals surface area contributed by atoms with E-state index >= 15 is 0 Å². The summed E-state index contributed by atoms with van der Waals surface area (Å²) in [6.07, 6.45) is 1.85. The molecule has 1 aromatic carbocycles. The lowest BCUT2D eigenvalue weighted by Gasteiger charge is -2.34. The highest BCUT2D eigenvalue weighted by Gasteiger charge is 2.14. The number of likely N-dealkylation sites (N-methyl/N-ethyl adjacent to an activating group) is 1. The lowest BCUT2D eigenvalue weighted by molar-refractivity contribution is 0.313. The van der Waals surface area contributed by atoms with Gasteiger partial charge in [-0.3, -0.25) is 4.98 Å². The molecule has 1 fully saturated rings. The van der Waals surface area contributed by atoms with Crippen LogP contribution in [0.4, 0.5) is 5.69 Å². The number of anilines is 1. The largest absolute Gasteiger partial charge is 0.369 e. The van der Waals surface area contributed by atoms with E-state index in [2.05, 4.69) is 62.0 Å². The van der Waals surface area contributed by atoms with Crippen molar-refractivity contribution in [1.29, 1.82) is 0 Å². The van der Waals surface area contributed by atoms with Crippen molar-refractivity contribution in [3.05, 3.63) is 34.9 Å². The normalized spacial score (nSPS) is 17.3. The molecule has 0 unspecified atom stereocenters. The lowest BCUT2D eigenvalue weighted by Crippen LogP contribution is -2.44. The van der Waals surface area contributed by atoms with Crippen LogP contribution in [0.1, 0.15) is 0 Å². The maximum Gasteiger partial charge on any atom is 0.0704 e. The Balaban J connectivity index is 1.92. The first-order valence-electron chi connectivity index (χ1n) is 6.21. The third-order valence-corrected chi connectivity index (χ3v) is 3.93. The SMILES string of the molecule is CN1CCN(c2ccc3ncc(Br)cc3c2)CC1. The van der Waals surface area contributed by atoms with Gasteiger partial charge in [-0.1, -0.05) is 0 Å². The minimum absolute atomic E-state index is 1.03. The summed E-state index contributed by atoms with van der Waals surface area (Å²) in [6.45, 7) is 4.47. The summed E-state index contributed by atoms with van der Waals surface area (Å²) in [7, 11) is 2.18. The van der Waals surface area contributed by atoms with Gasteiger partial charge in [0.2, 0.25) is 0 Å². The third-order valence-electron chi connectivity index (χ3n) is 3.50. The zero-order valence-corrected chi connectivity index (χ0v) is 12.0. The molecule has 0 spiro atoms. The van der Waals surface area contributed by atoms with Crippen molar-refractivity contribution >= 4 is 32.5 Å². The predicted molar refractivity (Wildman–Crippen MR) is 79.2 cm³/mol. The van der Waals surface area contributed by atoms with Crippen molar-refractivity contribution in [3.63, 3.8) is 0 Å². The van der Waals surface area contributed by atoms with E-state index in [9.17, 15) is 0 Å². The number of benzene rings is 1. The van der Waals surface area contributed by atoms with Gasteiger partial charge in [-0.2, -0.15) is 0 Å². The highest BCUT2D eigenvalue weighted by Crippen LogP contribution is 2.24.